The van der Waals surface area contributed by atoms with Crippen LogP contribution in [0, 0.1) is 5.82 Å². The summed E-state index contributed by atoms with van der Waals surface area (Å²) in [5.74, 6) is -0.154. The summed E-state index contributed by atoms with van der Waals surface area (Å²) >= 11 is 1.68. The van der Waals surface area contributed by atoms with E-state index in [0.717, 1.165) is 30.8 Å². The number of nitrogens with zero attached hydrogens (tertiary/aromatic N) is 1. The van der Waals surface area contributed by atoms with Gasteiger partial charge in [0.15, 0.2) is 0 Å². The molecule has 2 heterocycles. The molecule has 2 aromatic rings. The average Bonchev–Trinajstić information content (AvgIpc) is 2.53. The molecule has 22 heavy (non-hydrogen) atoms. The summed E-state index contributed by atoms with van der Waals surface area (Å²) in [4.78, 5) is 4.65. The predicted octanol–water partition coefficient (Wildman–Crippen LogP) is 4.82. The van der Waals surface area contributed by atoms with E-state index in [0.29, 0.717) is 0 Å². The van der Waals surface area contributed by atoms with Gasteiger partial charge in [0, 0.05) is 22.9 Å². The third-order valence-corrected chi connectivity index (χ3v) is 5.67. The van der Waals surface area contributed by atoms with Gasteiger partial charge in [0.1, 0.15) is 5.82 Å². The van der Waals surface area contributed by atoms with E-state index in [1.54, 1.807) is 23.9 Å². The Morgan fingerprint density at radius 3 is 2.50 bits per heavy atom. The maximum Gasteiger partial charge on any atom is 0.124 e. The first-order valence-electron chi connectivity index (χ1n) is 7.70. The lowest BCUT2D eigenvalue weighted by Gasteiger charge is -2.30. The second-order valence-electron chi connectivity index (χ2n) is 6.02. The van der Waals surface area contributed by atoms with Crippen molar-refractivity contribution in [3.05, 3.63) is 65.0 Å². The van der Waals surface area contributed by atoms with Crippen LogP contribution in [-0.4, -0.2) is 25.0 Å². The zero-order chi connectivity index (χ0) is 15.1. The van der Waals surface area contributed by atoms with Crippen LogP contribution in [0.25, 0.3) is 5.57 Å². The lowest BCUT2D eigenvalue weighted by atomic mass is 9.88. The zero-order valence-electron chi connectivity index (χ0n) is 12.6. The summed E-state index contributed by atoms with van der Waals surface area (Å²) in [6.45, 7) is 2.20. The minimum absolute atomic E-state index is 0.154. The molecule has 0 amide bonds. The quantitative estimate of drug-likeness (QED) is 0.586. The number of hydrogen-bond acceptors (Lipinski definition) is 2. The van der Waals surface area contributed by atoms with E-state index in [1.165, 1.54) is 27.2 Å². The smallest absolute Gasteiger partial charge is 0.124 e. The highest BCUT2D eigenvalue weighted by atomic mass is 32.2. The highest BCUT2D eigenvalue weighted by Gasteiger charge is 2.25. The zero-order valence-corrected chi connectivity index (χ0v) is 13.4. The normalized spacial score (nSPS) is 18.1. The van der Waals surface area contributed by atoms with Gasteiger partial charge in [0.05, 0.1) is 0 Å². The summed E-state index contributed by atoms with van der Waals surface area (Å²) in [5, 5.41) is 0. The number of rotatable bonds is 0. The van der Waals surface area contributed by atoms with Crippen molar-refractivity contribution in [2.45, 2.75) is 22.6 Å². The van der Waals surface area contributed by atoms with Gasteiger partial charge < -0.3 is 4.90 Å². The topological polar surface area (TPSA) is 3.24 Å². The Labute approximate surface area is 134 Å². The van der Waals surface area contributed by atoms with Gasteiger partial charge in [-0.05, 0) is 54.8 Å². The third kappa shape index (κ3) is 2.38. The summed E-state index contributed by atoms with van der Waals surface area (Å²) in [7, 11) is 2.18. The fraction of sp³-hybridized carbons (Fsp3) is 0.263. The second kappa shape index (κ2) is 5.56. The second-order valence-corrected chi connectivity index (χ2v) is 7.10. The average molecular weight is 311 g/mol. The van der Waals surface area contributed by atoms with Gasteiger partial charge >= 0.3 is 0 Å². The molecule has 0 atom stereocenters. The number of hydrogen-bond donors (Lipinski definition) is 0. The van der Waals surface area contributed by atoms with E-state index in [9.17, 15) is 4.39 Å². The molecule has 0 aliphatic carbocycles. The molecule has 0 spiro atoms. The van der Waals surface area contributed by atoms with E-state index in [2.05, 4.69) is 36.2 Å². The van der Waals surface area contributed by atoms with Gasteiger partial charge in [-0.1, -0.05) is 41.6 Å². The standard InChI is InChI=1S/C19H18FNS/c1-21-10-8-13(9-11-21)19-15-4-2-3-5-17(15)22-18-12-14(20)6-7-16(18)19/h2-7,12H,8-11H2,1H3. The number of benzene rings is 2. The Balaban J connectivity index is 1.92. The number of piperidine rings is 1. The summed E-state index contributed by atoms with van der Waals surface area (Å²) in [6.07, 6.45) is 2.20. The molecular formula is C19H18FNS. The molecule has 1 fully saturated rings. The summed E-state index contributed by atoms with van der Waals surface area (Å²) in [5.41, 5.74) is 5.37. The molecule has 0 unspecified atom stereocenters. The maximum absolute atomic E-state index is 13.7. The number of fused-ring (bicyclic) bond motifs is 2. The lowest BCUT2D eigenvalue weighted by molar-refractivity contribution is 0.313. The fourth-order valence-corrected chi connectivity index (χ4v) is 4.45. The molecule has 2 aliphatic heterocycles. The van der Waals surface area contributed by atoms with Crippen LogP contribution in [0.4, 0.5) is 4.39 Å². The Morgan fingerprint density at radius 1 is 0.955 bits per heavy atom. The molecule has 1 nitrogen and oxygen atoms in total. The molecule has 4 rings (SSSR count). The molecular weight excluding hydrogens is 293 g/mol. The Morgan fingerprint density at radius 2 is 1.68 bits per heavy atom. The van der Waals surface area contributed by atoms with Crippen LogP contribution in [0.15, 0.2) is 57.8 Å². The van der Waals surface area contributed by atoms with Crippen molar-refractivity contribution >= 4 is 17.3 Å². The monoisotopic (exact) mass is 311 g/mol. The van der Waals surface area contributed by atoms with Crippen molar-refractivity contribution < 1.29 is 4.39 Å². The van der Waals surface area contributed by atoms with Crippen molar-refractivity contribution in [3.8, 4) is 0 Å². The molecule has 2 aromatic carbocycles. The lowest BCUT2D eigenvalue weighted by Crippen LogP contribution is -2.27. The maximum atomic E-state index is 13.7. The van der Waals surface area contributed by atoms with E-state index in [1.807, 2.05) is 6.07 Å². The molecule has 0 aromatic heterocycles. The van der Waals surface area contributed by atoms with Gasteiger partial charge in [-0.3, -0.25) is 0 Å². The SMILES string of the molecule is CN1CCC(=C2c3ccccc3Sc3cc(F)ccc32)CC1. The Bertz CT molecular complexity index is 756. The van der Waals surface area contributed by atoms with E-state index in [-0.39, 0.29) is 5.82 Å². The van der Waals surface area contributed by atoms with Crippen LogP contribution in [0.5, 0.6) is 0 Å². The van der Waals surface area contributed by atoms with Crippen LogP contribution >= 0.6 is 11.8 Å². The predicted molar refractivity (Wildman–Crippen MR) is 89.7 cm³/mol. The van der Waals surface area contributed by atoms with E-state index in [4.69, 9.17) is 0 Å². The molecule has 0 saturated carbocycles. The molecule has 0 N–H and O–H groups in total. The highest BCUT2D eigenvalue weighted by Crippen LogP contribution is 2.47. The van der Waals surface area contributed by atoms with Crippen molar-refractivity contribution in [1.29, 1.82) is 0 Å². The van der Waals surface area contributed by atoms with Crippen LogP contribution < -0.4 is 0 Å². The first-order valence-corrected chi connectivity index (χ1v) is 8.52. The van der Waals surface area contributed by atoms with Crippen molar-refractivity contribution in [3.63, 3.8) is 0 Å². The Kier molecular flexibility index (Phi) is 3.55. The van der Waals surface area contributed by atoms with Crippen LogP contribution in [0.2, 0.25) is 0 Å². The summed E-state index contributed by atoms with van der Waals surface area (Å²) in [6, 6.07) is 13.7. The molecule has 0 radical (unpaired) electrons. The van der Waals surface area contributed by atoms with Crippen LogP contribution in [0.3, 0.4) is 0 Å². The number of halogens is 1. The molecule has 2 aliphatic rings. The number of likely N-dealkylation sites (tertiary alicyclic amines) is 1. The molecule has 0 bridgehead atoms. The van der Waals surface area contributed by atoms with E-state index < -0.39 is 0 Å². The van der Waals surface area contributed by atoms with Crippen LogP contribution in [-0.2, 0) is 0 Å². The van der Waals surface area contributed by atoms with Gasteiger partial charge in [-0.2, -0.15) is 0 Å². The minimum Gasteiger partial charge on any atom is -0.306 e. The van der Waals surface area contributed by atoms with Crippen molar-refractivity contribution in [1.82, 2.24) is 4.90 Å². The molecule has 1 saturated heterocycles. The summed E-state index contributed by atoms with van der Waals surface area (Å²) < 4.78 is 13.7. The third-order valence-electron chi connectivity index (χ3n) is 4.53. The fourth-order valence-electron chi connectivity index (χ4n) is 3.33. The first kappa shape index (κ1) is 14.0. The van der Waals surface area contributed by atoms with E-state index >= 15 is 0 Å². The largest absolute Gasteiger partial charge is 0.306 e. The van der Waals surface area contributed by atoms with Crippen LogP contribution in [0.1, 0.15) is 24.0 Å². The highest BCUT2D eigenvalue weighted by molar-refractivity contribution is 7.99. The Hall–Kier alpha value is -1.58. The van der Waals surface area contributed by atoms with Gasteiger partial charge in [0.2, 0.25) is 0 Å². The minimum atomic E-state index is -0.154. The molecule has 3 heteroatoms. The first-order chi connectivity index (χ1) is 10.7. The van der Waals surface area contributed by atoms with Crippen molar-refractivity contribution in [2.24, 2.45) is 0 Å². The van der Waals surface area contributed by atoms with Crippen molar-refractivity contribution in [2.75, 3.05) is 20.1 Å². The molecule has 112 valence electrons. The van der Waals surface area contributed by atoms with Gasteiger partial charge in [0.25, 0.3) is 0 Å². The van der Waals surface area contributed by atoms with Gasteiger partial charge in [-0.15, -0.1) is 0 Å². The van der Waals surface area contributed by atoms with Gasteiger partial charge in [-0.25, -0.2) is 4.39 Å².